The van der Waals surface area contributed by atoms with Crippen molar-refractivity contribution in [1.82, 2.24) is 15.1 Å². The molecule has 1 saturated heterocycles. The molecule has 0 aliphatic carbocycles. The molecule has 0 amide bonds. The van der Waals surface area contributed by atoms with Crippen molar-refractivity contribution in [2.75, 3.05) is 33.7 Å². The van der Waals surface area contributed by atoms with Gasteiger partial charge in [0.1, 0.15) is 0 Å². The van der Waals surface area contributed by atoms with E-state index in [2.05, 4.69) is 78.3 Å². The summed E-state index contributed by atoms with van der Waals surface area (Å²) in [6, 6.07) is 11.1. The molecule has 4 heteroatoms. The van der Waals surface area contributed by atoms with Crippen LogP contribution in [0.1, 0.15) is 32.8 Å². The number of nitrogens with one attached hydrogen (secondary N) is 1. The van der Waals surface area contributed by atoms with Gasteiger partial charge in [-0.3, -0.25) is 9.89 Å². The number of benzene rings is 1. The molecule has 1 N–H and O–H groups in total. The monoisotopic (exact) mass is 316 g/mol. The number of hydrogen-bond donors (Lipinski definition) is 1. The van der Waals surface area contributed by atoms with Crippen molar-refractivity contribution >= 4 is 5.96 Å². The summed E-state index contributed by atoms with van der Waals surface area (Å²) in [5, 5.41) is 3.55. The van der Waals surface area contributed by atoms with Gasteiger partial charge in [-0.25, -0.2) is 0 Å². The van der Waals surface area contributed by atoms with Crippen molar-refractivity contribution in [3.05, 3.63) is 35.9 Å². The molecule has 4 nitrogen and oxygen atoms in total. The van der Waals surface area contributed by atoms with Gasteiger partial charge in [-0.15, -0.1) is 0 Å². The van der Waals surface area contributed by atoms with Gasteiger partial charge in [0.2, 0.25) is 0 Å². The normalized spacial score (nSPS) is 19.2. The summed E-state index contributed by atoms with van der Waals surface area (Å²) in [5.74, 6) is 1.04. The van der Waals surface area contributed by atoms with Crippen LogP contribution in [0.5, 0.6) is 0 Å². The molecular formula is C19H32N4. The highest BCUT2D eigenvalue weighted by Crippen LogP contribution is 2.28. The first-order valence-electron chi connectivity index (χ1n) is 8.61. The summed E-state index contributed by atoms with van der Waals surface area (Å²) < 4.78 is 0. The topological polar surface area (TPSA) is 30.9 Å². The Labute approximate surface area is 141 Å². The van der Waals surface area contributed by atoms with Crippen LogP contribution in [0.2, 0.25) is 0 Å². The number of rotatable bonds is 5. The molecule has 1 unspecified atom stereocenters. The van der Waals surface area contributed by atoms with Crippen LogP contribution >= 0.6 is 0 Å². The lowest BCUT2D eigenvalue weighted by Crippen LogP contribution is -2.46. The predicted molar refractivity (Wildman–Crippen MR) is 98.7 cm³/mol. The SMILES string of the molecule is CN=C(NCC(C)N(C)Cc1ccccc1)N1CCC(C)(C)C1. The molecule has 0 spiro atoms. The van der Waals surface area contributed by atoms with Crippen LogP contribution in [-0.4, -0.2) is 55.5 Å². The Morgan fingerprint density at radius 1 is 1.35 bits per heavy atom. The first kappa shape index (κ1) is 17.8. The number of likely N-dealkylation sites (N-methyl/N-ethyl adjacent to an activating group) is 1. The molecule has 0 bridgehead atoms. The average Bonchev–Trinajstić information content (AvgIpc) is 2.88. The highest BCUT2D eigenvalue weighted by molar-refractivity contribution is 5.80. The Hall–Kier alpha value is -1.55. The first-order valence-corrected chi connectivity index (χ1v) is 8.61. The second-order valence-corrected chi connectivity index (χ2v) is 7.51. The molecule has 1 aliphatic rings. The van der Waals surface area contributed by atoms with E-state index in [0.717, 1.165) is 32.1 Å². The van der Waals surface area contributed by atoms with Crippen molar-refractivity contribution in [2.45, 2.75) is 39.8 Å². The zero-order chi connectivity index (χ0) is 16.9. The third kappa shape index (κ3) is 5.24. The second kappa shape index (κ2) is 7.82. The van der Waals surface area contributed by atoms with Crippen LogP contribution in [0.3, 0.4) is 0 Å². The van der Waals surface area contributed by atoms with Crippen molar-refractivity contribution in [3.8, 4) is 0 Å². The minimum Gasteiger partial charge on any atom is -0.355 e. The Kier molecular flexibility index (Phi) is 6.05. The van der Waals surface area contributed by atoms with Crippen LogP contribution in [0.25, 0.3) is 0 Å². The van der Waals surface area contributed by atoms with Crippen molar-refractivity contribution in [3.63, 3.8) is 0 Å². The fourth-order valence-electron chi connectivity index (χ4n) is 3.05. The predicted octanol–water partition coefficient (Wildman–Crippen LogP) is 2.81. The number of nitrogens with zero attached hydrogens (tertiary/aromatic N) is 3. The molecule has 128 valence electrons. The molecule has 0 radical (unpaired) electrons. The maximum atomic E-state index is 4.46. The Morgan fingerprint density at radius 3 is 2.61 bits per heavy atom. The Balaban J connectivity index is 1.81. The zero-order valence-corrected chi connectivity index (χ0v) is 15.3. The molecule has 1 fully saturated rings. The van der Waals surface area contributed by atoms with E-state index in [-0.39, 0.29) is 0 Å². The van der Waals surface area contributed by atoms with Gasteiger partial charge >= 0.3 is 0 Å². The number of aliphatic imine (C=N–C) groups is 1. The number of hydrogen-bond acceptors (Lipinski definition) is 2. The molecule has 1 heterocycles. The molecule has 1 aromatic rings. The quantitative estimate of drug-likeness (QED) is 0.669. The lowest BCUT2D eigenvalue weighted by molar-refractivity contribution is 0.247. The molecular weight excluding hydrogens is 284 g/mol. The zero-order valence-electron chi connectivity index (χ0n) is 15.3. The second-order valence-electron chi connectivity index (χ2n) is 7.51. The number of guanidine groups is 1. The highest BCUT2D eigenvalue weighted by atomic mass is 15.3. The molecule has 1 atom stereocenters. The van der Waals surface area contributed by atoms with E-state index in [1.54, 1.807) is 0 Å². The van der Waals surface area contributed by atoms with Crippen molar-refractivity contribution in [2.24, 2.45) is 10.4 Å². The van der Waals surface area contributed by atoms with Crippen molar-refractivity contribution < 1.29 is 0 Å². The first-order chi connectivity index (χ1) is 10.9. The summed E-state index contributed by atoms with van der Waals surface area (Å²) in [6.45, 7) is 11.0. The highest BCUT2D eigenvalue weighted by Gasteiger charge is 2.30. The third-order valence-corrected chi connectivity index (χ3v) is 4.77. The van der Waals surface area contributed by atoms with E-state index in [4.69, 9.17) is 0 Å². The van der Waals surface area contributed by atoms with Crippen LogP contribution < -0.4 is 5.32 Å². The lowest BCUT2D eigenvalue weighted by Gasteiger charge is -2.28. The van der Waals surface area contributed by atoms with Crippen LogP contribution in [-0.2, 0) is 6.54 Å². The van der Waals surface area contributed by atoms with Crippen molar-refractivity contribution in [1.29, 1.82) is 0 Å². The van der Waals surface area contributed by atoms with Crippen LogP contribution in [0.15, 0.2) is 35.3 Å². The molecule has 0 aromatic heterocycles. The fourth-order valence-corrected chi connectivity index (χ4v) is 3.05. The van der Waals surface area contributed by atoms with E-state index < -0.39 is 0 Å². The summed E-state index contributed by atoms with van der Waals surface area (Å²) in [7, 11) is 4.06. The standard InChI is InChI=1S/C19H32N4/c1-16(22(5)14-17-9-7-6-8-10-17)13-21-18(20-4)23-12-11-19(2,3)15-23/h6-10,16H,11-15H2,1-5H3,(H,20,21). The average molecular weight is 316 g/mol. The van der Waals surface area contributed by atoms with Crippen LogP contribution in [0.4, 0.5) is 0 Å². The fraction of sp³-hybridized carbons (Fsp3) is 0.632. The van der Waals surface area contributed by atoms with Gasteiger partial charge in [-0.05, 0) is 31.4 Å². The summed E-state index contributed by atoms with van der Waals surface area (Å²) in [5.41, 5.74) is 1.75. The van der Waals surface area contributed by atoms with E-state index >= 15 is 0 Å². The maximum Gasteiger partial charge on any atom is 0.193 e. The van der Waals surface area contributed by atoms with Gasteiger partial charge in [0.15, 0.2) is 5.96 Å². The smallest absolute Gasteiger partial charge is 0.193 e. The van der Waals surface area contributed by atoms with Gasteiger partial charge < -0.3 is 10.2 Å². The van der Waals surface area contributed by atoms with Gasteiger partial charge in [-0.1, -0.05) is 44.2 Å². The van der Waals surface area contributed by atoms with Gasteiger partial charge in [0, 0.05) is 39.3 Å². The van der Waals surface area contributed by atoms with Gasteiger partial charge in [0.25, 0.3) is 0 Å². The molecule has 2 rings (SSSR count). The minimum absolute atomic E-state index is 0.396. The Bertz CT molecular complexity index is 509. The van der Waals surface area contributed by atoms with Crippen LogP contribution in [0, 0.1) is 5.41 Å². The van der Waals surface area contributed by atoms with E-state index in [1.807, 2.05) is 7.05 Å². The van der Waals surface area contributed by atoms with E-state index in [0.29, 0.717) is 11.5 Å². The Morgan fingerprint density at radius 2 is 2.04 bits per heavy atom. The summed E-state index contributed by atoms with van der Waals surface area (Å²) in [4.78, 5) is 9.22. The minimum atomic E-state index is 0.396. The maximum absolute atomic E-state index is 4.46. The van der Waals surface area contributed by atoms with E-state index in [1.165, 1.54) is 12.0 Å². The molecule has 1 aliphatic heterocycles. The lowest BCUT2D eigenvalue weighted by atomic mass is 9.93. The summed E-state index contributed by atoms with van der Waals surface area (Å²) >= 11 is 0. The largest absolute Gasteiger partial charge is 0.355 e. The number of likely N-dealkylation sites (tertiary alicyclic amines) is 1. The van der Waals surface area contributed by atoms with E-state index in [9.17, 15) is 0 Å². The third-order valence-electron chi connectivity index (χ3n) is 4.77. The molecule has 23 heavy (non-hydrogen) atoms. The van der Waals surface area contributed by atoms with Gasteiger partial charge in [0.05, 0.1) is 0 Å². The molecule has 0 saturated carbocycles. The summed E-state index contributed by atoms with van der Waals surface area (Å²) in [6.07, 6.45) is 1.23. The van der Waals surface area contributed by atoms with Gasteiger partial charge in [-0.2, -0.15) is 0 Å². The molecule has 1 aromatic carbocycles.